The second kappa shape index (κ2) is 7.70. The number of hydrogen-bond donors (Lipinski definition) is 3. The fourth-order valence-corrected chi connectivity index (χ4v) is 8.78. The van der Waals surface area contributed by atoms with Crippen LogP contribution in [-0.4, -0.2) is 51.2 Å². The van der Waals surface area contributed by atoms with Crippen molar-refractivity contribution in [3.8, 4) is 0 Å². The molecule has 0 spiro atoms. The summed E-state index contributed by atoms with van der Waals surface area (Å²) in [4.78, 5) is 36.8. The van der Waals surface area contributed by atoms with Gasteiger partial charge in [0.25, 0.3) is 0 Å². The molecule has 188 valence electrons. The van der Waals surface area contributed by atoms with Crippen LogP contribution in [0.15, 0.2) is 23.2 Å². The van der Waals surface area contributed by atoms with E-state index in [1.54, 1.807) is 0 Å². The lowest BCUT2D eigenvalue weighted by Gasteiger charge is -2.63. The minimum atomic E-state index is -1.56. The van der Waals surface area contributed by atoms with Gasteiger partial charge in [-0.2, -0.15) is 0 Å². The van der Waals surface area contributed by atoms with E-state index in [1.807, 2.05) is 13.8 Å². The number of hydrogen-bond acceptors (Lipinski definition) is 6. The highest BCUT2D eigenvalue weighted by Gasteiger charge is 2.75. The summed E-state index contributed by atoms with van der Waals surface area (Å²) in [6, 6.07) is 0. The molecule has 0 aromatic rings. The maximum absolute atomic E-state index is 15.7. The summed E-state index contributed by atoms with van der Waals surface area (Å²) in [7, 11) is 1.29. The molecule has 3 N–H and O–H groups in total. The number of rotatable bonds is 4. The van der Waals surface area contributed by atoms with E-state index in [9.17, 15) is 29.7 Å². The van der Waals surface area contributed by atoms with E-state index >= 15 is 4.39 Å². The van der Waals surface area contributed by atoms with Crippen LogP contribution >= 0.6 is 11.6 Å². The van der Waals surface area contributed by atoms with Crippen LogP contribution in [0.1, 0.15) is 59.3 Å². The standard InChI is InChI=1S/C25H32ClFO7/c1-12-9-13-14-10-16(27)15-11-17(28)19(31)20(32)23(15,3)25(14,26)8-7-22(13,2)24(12,21(33)34-4)6-5-18(29)30/h11-14,16,28,31H,5-10H2,1-4H3,(H,29,30)/t12-,13+,14+,16+,22+,23-,24-,25-/m1/s1. The molecule has 0 aliphatic heterocycles. The van der Waals surface area contributed by atoms with Crippen LogP contribution in [0.5, 0.6) is 0 Å². The Hall–Kier alpha value is -2.09. The number of aliphatic carboxylic acids is 1. The lowest BCUT2D eigenvalue weighted by Crippen LogP contribution is -2.66. The Morgan fingerprint density at radius 3 is 2.44 bits per heavy atom. The van der Waals surface area contributed by atoms with Crippen LogP contribution in [0.4, 0.5) is 4.39 Å². The molecule has 3 saturated carbocycles. The van der Waals surface area contributed by atoms with E-state index in [0.717, 1.165) is 6.08 Å². The van der Waals surface area contributed by atoms with E-state index in [-0.39, 0.29) is 43.1 Å². The number of aliphatic hydroxyl groups excluding tert-OH is 2. The molecule has 0 aromatic carbocycles. The van der Waals surface area contributed by atoms with Crippen molar-refractivity contribution in [1.82, 2.24) is 0 Å². The average Bonchev–Trinajstić information content (AvgIpc) is 3.01. The predicted octanol–water partition coefficient (Wildman–Crippen LogP) is 4.65. The summed E-state index contributed by atoms with van der Waals surface area (Å²) in [6.07, 6.45) is 0.631. The Morgan fingerprint density at radius 2 is 1.85 bits per heavy atom. The van der Waals surface area contributed by atoms with Crippen LogP contribution in [0.25, 0.3) is 0 Å². The molecule has 7 nitrogen and oxygen atoms in total. The third-order valence-electron chi connectivity index (χ3n) is 10.1. The zero-order valence-corrected chi connectivity index (χ0v) is 20.6. The minimum absolute atomic E-state index is 0.00933. The number of carbonyl (C=O) groups excluding carboxylic acids is 2. The van der Waals surface area contributed by atoms with Gasteiger partial charge in [0.05, 0.1) is 22.8 Å². The lowest BCUT2D eigenvalue weighted by atomic mass is 9.44. The number of allylic oxidation sites excluding steroid dienone is 3. The van der Waals surface area contributed by atoms with Gasteiger partial charge in [-0.05, 0) is 73.8 Å². The quantitative estimate of drug-likeness (QED) is 0.381. The Kier molecular flexibility index (Phi) is 5.67. The fourth-order valence-electron chi connectivity index (χ4n) is 8.25. The first-order chi connectivity index (χ1) is 15.7. The molecule has 0 heterocycles. The van der Waals surface area contributed by atoms with Gasteiger partial charge in [0.1, 0.15) is 6.17 Å². The summed E-state index contributed by atoms with van der Waals surface area (Å²) in [5, 5.41) is 29.7. The molecular weight excluding hydrogens is 467 g/mol. The molecule has 4 aliphatic rings. The zero-order valence-electron chi connectivity index (χ0n) is 19.9. The maximum atomic E-state index is 15.7. The van der Waals surface area contributed by atoms with Crippen LogP contribution in [0.3, 0.4) is 0 Å². The first-order valence-electron chi connectivity index (χ1n) is 11.7. The Bertz CT molecular complexity index is 1020. The Morgan fingerprint density at radius 1 is 1.21 bits per heavy atom. The van der Waals surface area contributed by atoms with Gasteiger partial charge in [0.2, 0.25) is 11.5 Å². The van der Waals surface area contributed by atoms with Gasteiger partial charge < -0.3 is 20.1 Å². The second-order valence-electron chi connectivity index (χ2n) is 11.0. The Balaban J connectivity index is 1.84. The molecule has 0 saturated heterocycles. The first kappa shape index (κ1) is 25.0. The molecule has 3 fully saturated rings. The third kappa shape index (κ3) is 2.78. The number of alkyl halides is 2. The second-order valence-corrected chi connectivity index (χ2v) is 11.7. The average molecular weight is 499 g/mol. The number of ketones is 1. The summed E-state index contributed by atoms with van der Waals surface area (Å²) >= 11 is 7.32. The van der Waals surface area contributed by atoms with Gasteiger partial charge in [0, 0.05) is 6.42 Å². The van der Waals surface area contributed by atoms with Crippen molar-refractivity contribution in [3.63, 3.8) is 0 Å². The number of aliphatic hydroxyl groups is 2. The van der Waals surface area contributed by atoms with E-state index in [1.165, 1.54) is 14.0 Å². The van der Waals surface area contributed by atoms with E-state index in [2.05, 4.69) is 0 Å². The van der Waals surface area contributed by atoms with Gasteiger partial charge in [-0.15, -0.1) is 11.6 Å². The molecule has 0 aromatic heterocycles. The smallest absolute Gasteiger partial charge is 0.312 e. The number of Topliss-reactive ketones (excluding diaryl/α,β-unsaturated/α-hetero) is 1. The van der Waals surface area contributed by atoms with Gasteiger partial charge in [-0.3, -0.25) is 14.4 Å². The molecule has 0 radical (unpaired) electrons. The number of carbonyl (C=O) groups is 3. The lowest BCUT2D eigenvalue weighted by molar-refractivity contribution is -0.172. The highest BCUT2D eigenvalue weighted by atomic mass is 35.5. The van der Waals surface area contributed by atoms with Gasteiger partial charge >= 0.3 is 11.9 Å². The topological polar surface area (TPSA) is 121 Å². The molecule has 4 aliphatic carbocycles. The van der Waals surface area contributed by atoms with Gasteiger partial charge in [-0.25, -0.2) is 4.39 Å². The van der Waals surface area contributed by atoms with E-state index in [4.69, 9.17) is 16.3 Å². The Labute approximate surface area is 203 Å². The molecule has 9 heteroatoms. The van der Waals surface area contributed by atoms with Crippen molar-refractivity contribution in [3.05, 3.63) is 23.2 Å². The van der Waals surface area contributed by atoms with Crippen molar-refractivity contribution in [2.75, 3.05) is 7.11 Å². The highest BCUT2D eigenvalue weighted by molar-refractivity contribution is 6.28. The maximum Gasteiger partial charge on any atom is 0.312 e. The molecule has 8 atom stereocenters. The predicted molar refractivity (Wildman–Crippen MR) is 121 cm³/mol. The van der Waals surface area contributed by atoms with Crippen molar-refractivity contribution in [2.45, 2.75) is 70.3 Å². The van der Waals surface area contributed by atoms with Crippen molar-refractivity contribution < 1.29 is 38.8 Å². The van der Waals surface area contributed by atoms with Crippen molar-refractivity contribution in [2.24, 2.45) is 34.0 Å². The van der Waals surface area contributed by atoms with Gasteiger partial charge in [-0.1, -0.05) is 13.8 Å². The number of carboxylic acids is 1. The highest BCUT2D eigenvalue weighted by Crippen LogP contribution is 2.74. The summed E-state index contributed by atoms with van der Waals surface area (Å²) < 4.78 is 20.9. The first-order valence-corrected chi connectivity index (χ1v) is 12.1. The monoisotopic (exact) mass is 498 g/mol. The number of methoxy groups -OCH3 is 1. The largest absolute Gasteiger partial charge is 0.504 e. The molecule has 0 unspecified atom stereocenters. The van der Waals surface area contributed by atoms with E-state index in [0.29, 0.717) is 12.8 Å². The van der Waals surface area contributed by atoms with Gasteiger partial charge in [0.15, 0.2) is 5.76 Å². The summed E-state index contributed by atoms with van der Waals surface area (Å²) in [5.41, 5.74) is -3.29. The van der Waals surface area contributed by atoms with Crippen molar-refractivity contribution >= 4 is 29.3 Å². The third-order valence-corrected chi connectivity index (χ3v) is 10.9. The van der Waals surface area contributed by atoms with Crippen LogP contribution in [0.2, 0.25) is 0 Å². The molecule has 0 amide bonds. The van der Waals surface area contributed by atoms with Crippen LogP contribution in [-0.2, 0) is 19.1 Å². The molecular formula is C25H32ClFO7. The van der Waals surface area contributed by atoms with Crippen LogP contribution < -0.4 is 0 Å². The number of carboxylic acid groups (broad SMARTS) is 1. The van der Waals surface area contributed by atoms with E-state index < -0.39 is 62.4 Å². The number of fused-ring (bicyclic) bond motifs is 5. The summed E-state index contributed by atoms with van der Waals surface area (Å²) in [5.74, 6) is -4.78. The SMILES string of the molecule is COC(=O)[C@@]1(CCC(=O)O)[C@H](C)C[C@H]2[C@@H]3C[C@H](F)C4=CC(O)=C(O)C(=O)[C@]4(C)[C@@]3(Cl)CC[C@@]21C. The van der Waals surface area contributed by atoms with Crippen LogP contribution in [0, 0.1) is 34.0 Å². The molecule has 34 heavy (non-hydrogen) atoms. The number of halogens is 2. The number of esters is 1. The normalized spacial score (nSPS) is 45.7. The zero-order chi connectivity index (χ0) is 25.4. The minimum Gasteiger partial charge on any atom is -0.504 e. The number of ether oxygens (including phenoxy) is 1. The molecule has 4 rings (SSSR count). The fraction of sp³-hybridized carbons (Fsp3) is 0.720. The van der Waals surface area contributed by atoms with Crippen molar-refractivity contribution in [1.29, 1.82) is 0 Å². The summed E-state index contributed by atoms with van der Waals surface area (Å²) in [6.45, 7) is 5.39. The molecule has 0 bridgehead atoms.